The molecule has 4 rings (SSSR count). The van der Waals surface area contributed by atoms with Crippen LogP contribution in [0, 0.1) is 5.92 Å². The Morgan fingerprint density at radius 2 is 2.24 bits per heavy atom. The summed E-state index contributed by atoms with van der Waals surface area (Å²) in [5.41, 5.74) is 1.24. The second-order valence-electron chi connectivity index (χ2n) is 7.49. The number of nitrogens with one attached hydrogen (secondary N) is 1. The molecule has 136 valence electrons. The Hall–Kier alpha value is -1.44. The lowest BCUT2D eigenvalue weighted by Crippen LogP contribution is -2.33. The van der Waals surface area contributed by atoms with Crippen LogP contribution in [0.2, 0.25) is 5.15 Å². The third-order valence-corrected chi connectivity index (χ3v) is 5.19. The number of hydrogen-bond donors (Lipinski definition) is 1. The van der Waals surface area contributed by atoms with Crippen LogP contribution in [0.5, 0.6) is 0 Å². The molecular weight excluding hydrogens is 342 g/mol. The van der Waals surface area contributed by atoms with Crippen molar-refractivity contribution in [2.45, 2.75) is 58.0 Å². The van der Waals surface area contributed by atoms with E-state index in [2.05, 4.69) is 41.0 Å². The number of anilines is 1. The molecule has 8 heteroatoms. The zero-order chi connectivity index (χ0) is 17.6. The van der Waals surface area contributed by atoms with Crippen molar-refractivity contribution in [1.82, 2.24) is 19.5 Å². The van der Waals surface area contributed by atoms with Crippen LogP contribution in [0.4, 0.5) is 5.95 Å². The Balaban J connectivity index is 1.62. The Bertz CT molecular complexity index is 778. The first-order valence-corrected chi connectivity index (χ1v) is 9.28. The quantitative estimate of drug-likeness (QED) is 0.837. The van der Waals surface area contributed by atoms with Crippen LogP contribution in [-0.2, 0) is 9.47 Å². The number of ether oxygens (including phenoxy) is 2. The van der Waals surface area contributed by atoms with Gasteiger partial charge in [-0.2, -0.15) is 9.97 Å². The summed E-state index contributed by atoms with van der Waals surface area (Å²) in [6.45, 7) is 7.77. The molecule has 25 heavy (non-hydrogen) atoms. The van der Waals surface area contributed by atoms with E-state index in [0.717, 1.165) is 25.8 Å². The van der Waals surface area contributed by atoms with E-state index in [4.69, 9.17) is 21.1 Å². The third kappa shape index (κ3) is 3.20. The molecule has 0 amide bonds. The van der Waals surface area contributed by atoms with Gasteiger partial charge in [0.2, 0.25) is 5.95 Å². The lowest BCUT2D eigenvalue weighted by molar-refractivity contribution is -0.127. The summed E-state index contributed by atoms with van der Waals surface area (Å²) in [5.74, 6) is 1.02. The van der Waals surface area contributed by atoms with Crippen molar-refractivity contribution in [2.75, 3.05) is 18.5 Å². The van der Waals surface area contributed by atoms with Gasteiger partial charge in [-0.15, -0.1) is 0 Å². The summed E-state index contributed by atoms with van der Waals surface area (Å²) in [6, 6.07) is 0. The van der Waals surface area contributed by atoms with E-state index in [1.54, 1.807) is 6.33 Å². The van der Waals surface area contributed by atoms with Crippen molar-refractivity contribution in [1.29, 1.82) is 0 Å². The Morgan fingerprint density at radius 3 is 3.04 bits per heavy atom. The molecule has 2 aromatic rings. The molecule has 2 saturated heterocycles. The molecule has 0 bridgehead atoms. The van der Waals surface area contributed by atoms with E-state index in [-0.39, 0.29) is 17.9 Å². The molecule has 3 unspecified atom stereocenters. The molecule has 3 atom stereocenters. The van der Waals surface area contributed by atoms with Gasteiger partial charge in [-0.1, -0.05) is 18.5 Å². The van der Waals surface area contributed by atoms with Crippen LogP contribution in [0.1, 0.15) is 46.3 Å². The van der Waals surface area contributed by atoms with Gasteiger partial charge in [0, 0.05) is 6.54 Å². The van der Waals surface area contributed by atoms with Crippen molar-refractivity contribution in [2.24, 2.45) is 5.92 Å². The van der Waals surface area contributed by atoms with Gasteiger partial charge in [0.15, 0.2) is 10.8 Å². The lowest BCUT2D eigenvalue weighted by atomic mass is 9.89. The monoisotopic (exact) mass is 365 g/mol. The van der Waals surface area contributed by atoms with Gasteiger partial charge >= 0.3 is 0 Å². The minimum atomic E-state index is -0.103. The van der Waals surface area contributed by atoms with Gasteiger partial charge in [0.1, 0.15) is 11.7 Å². The molecule has 2 aromatic heterocycles. The van der Waals surface area contributed by atoms with Gasteiger partial charge in [0.25, 0.3) is 0 Å². The molecule has 4 heterocycles. The SMILES string of the molecule is CCCNc1nc(Cl)c2ncn(C3CC4CC(C)(C)OC4CO3)c2n1. The molecule has 2 aliphatic heterocycles. The minimum Gasteiger partial charge on any atom is -0.370 e. The first kappa shape index (κ1) is 17.0. The van der Waals surface area contributed by atoms with E-state index in [9.17, 15) is 0 Å². The standard InChI is InChI=1S/C17H24ClN5O2/c1-4-5-19-16-21-14(18)13-15(22-16)23(9-20-13)12-6-10-7-17(2,3)25-11(10)8-24-12/h9-12H,4-8H2,1-3H3,(H,19,21,22). The average Bonchev–Trinajstić information content (AvgIpc) is 3.11. The lowest BCUT2D eigenvalue weighted by Gasteiger charge is -2.31. The zero-order valence-electron chi connectivity index (χ0n) is 14.8. The highest BCUT2D eigenvalue weighted by atomic mass is 35.5. The maximum absolute atomic E-state index is 6.29. The summed E-state index contributed by atoms with van der Waals surface area (Å²) in [5, 5.41) is 3.55. The highest BCUT2D eigenvalue weighted by Gasteiger charge is 2.44. The summed E-state index contributed by atoms with van der Waals surface area (Å²) in [6.07, 6.45) is 4.75. The van der Waals surface area contributed by atoms with E-state index in [1.807, 2.05) is 4.57 Å². The van der Waals surface area contributed by atoms with Crippen molar-refractivity contribution in [3.05, 3.63) is 11.5 Å². The number of nitrogens with zero attached hydrogens (tertiary/aromatic N) is 4. The summed E-state index contributed by atoms with van der Waals surface area (Å²) >= 11 is 6.29. The smallest absolute Gasteiger partial charge is 0.226 e. The molecule has 2 aliphatic rings. The Morgan fingerprint density at radius 1 is 1.40 bits per heavy atom. The predicted molar refractivity (Wildman–Crippen MR) is 95.8 cm³/mol. The minimum absolute atomic E-state index is 0.0761. The van der Waals surface area contributed by atoms with Crippen molar-refractivity contribution in [3.63, 3.8) is 0 Å². The van der Waals surface area contributed by atoms with Crippen molar-refractivity contribution >= 4 is 28.7 Å². The Kier molecular flexibility index (Phi) is 4.33. The molecule has 0 saturated carbocycles. The largest absolute Gasteiger partial charge is 0.370 e. The van der Waals surface area contributed by atoms with Gasteiger partial charge < -0.3 is 14.8 Å². The molecule has 7 nitrogen and oxygen atoms in total. The Labute approximate surface area is 152 Å². The van der Waals surface area contributed by atoms with E-state index < -0.39 is 0 Å². The van der Waals surface area contributed by atoms with Crippen LogP contribution >= 0.6 is 11.6 Å². The topological polar surface area (TPSA) is 74.1 Å². The second-order valence-corrected chi connectivity index (χ2v) is 7.85. The normalized spacial score (nSPS) is 28.2. The number of imidazole rings is 1. The van der Waals surface area contributed by atoms with E-state index >= 15 is 0 Å². The molecule has 0 aliphatic carbocycles. The van der Waals surface area contributed by atoms with Gasteiger partial charge in [0.05, 0.1) is 24.6 Å². The molecule has 2 fully saturated rings. The van der Waals surface area contributed by atoms with Crippen LogP contribution in [0.25, 0.3) is 11.2 Å². The number of halogens is 1. The molecule has 1 N–H and O–H groups in total. The summed E-state index contributed by atoms with van der Waals surface area (Å²) in [4.78, 5) is 13.3. The van der Waals surface area contributed by atoms with Gasteiger partial charge in [-0.3, -0.25) is 4.57 Å². The molecule has 0 spiro atoms. The fourth-order valence-electron chi connectivity index (χ4n) is 3.86. The third-order valence-electron chi connectivity index (χ3n) is 4.93. The number of rotatable bonds is 4. The van der Waals surface area contributed by atoms with Crippen LogP contribution < -0.4 is 5.32 Å². The first-order valence-electron chi connectivity index (χ1n) is 8.90. The number of fused-ring (bicyclic) bond motifs is 2. The zero-order valence-corrected chi connectivity index (χ0v) is 15.6. The number of hydrogen-bond acceptors (Lipinski definition) is 6. The van der Waals surface area contributed by atoms with Crippen molar-refractivity contribution < 1.29 is 9.47 Å². The van der Waals surface area contributed by atoms with Gasteiger partial charge in [-0.05, 0) is 39.0 Å². The highest BCUT2D eigenvalue weighted by molar-refractivity contribution is 6.33. The van der Waals surface area contributed by atoms with Crippen LogP contribution in [0.15, 0.2) is 6.33 Å². The maximum Gasteiger partial charge on any atom is 0.226 e. The second kappa shape index (κ2) is 6.37. The first-order chi connectivity index (χ1) is 12.0. The molecular formula is C17H24ClN5O2. The number of aromatic nitrogens is 4. The van der Waals surface area contributed by atoms with E-state index in [0.29, 0.717) is 34.8 Å². The van der Waals surface area contributed by atoms with Crippen LogP contribution in [0.3, 0.4) is 0 Å². The van der Waals surface area contributed by atoms with Crippen LogP contribution in [-0.4, -0.2) is 44.4 Å². The molecule has 0 aromatic carbocycles. The predicted octanol–water partition coefficient (Wildman–Crippen LogP) is 3.40. The van der Waals surface area contributed by atoms with Crippen molar-refractivity contribution in [3.8, 4) is 0 Å². The van der Waals surface area contributed by atoms with Gasteiger partial charge in [-0.25, -0.2) is 4.98 Å². The highest BCUT2D eigenvalue weighted by Crippen LogP contribution is 2.43. The average molecular weight is 366 g/mol. The fraction of sp³-hybridized carbons (Fsp3) is 0.706. The summed E-state index contributed by atoms with van der Waals surface area (Å²) in [7, 11) is 0. The maximum atomic E-state index is 6.29. The molecule has 0 radical (unpaired) electrons. The fourth-order valence-corrected chi connectivity index (χ4v) is 4.07. The summed E-state index contributed by atoms with van der Waals surface area (Å²) < 4.78 is 14.1. The van der Waals surface area contributed by atoms with E-state index in [1.165, 1.54) is 0 Å².